The van der Waals surface area contributed by atoms with E-state index in [9.17, 15) is 9.18 Å². The highest BCUT2D eigenvalue weighted by molar-refractivity contribution is 7.10. The van der Waals surface area contributed by atoms with E-state index in [4.69, 9.17) is 23.2 Å². The summed E-state index contributed by atoms with van der Waals surface area (Å²) in [5.41, 5.74) is 0.507. The molecule has 0 aliphatic heterocycles. The van der Waals surface area contributed by atoms with Crippen LogP contribution in [0.1, 0.15) is 23.4 Å². The summed E-state index contributed by atoms with van der Waals surface area (Å²) >= 11 is 13.2. The van der Waals surface area contributed by atoms with Crippen molar-refractivity contribution in [3.63, 3.8) is 0 Å². The molecule has 106 valence electrons. The molecule has 2 rings (SSSR count). The SMILES string of the molecule is CC(NC(=O)Cc1cccs1)c1cc(F)c(Cl)cc1Cl. The second kappa shape index (κ2) is 6.57. The Morgan fingerprint density at radius 1 is 1.40 bits per heavy atom. The lowest BCUT2D eigenvalue weighted by Gasteiger charge is -2.16. The van der Waals surface area contributed by atoms with Crippen molar-refractivity contribution < 1.29 is 9.18 Å². The van der Waals surface area contributed by atoms with Gasteiger partial charge in [0.1, 0.15) is 5.82 Å². The molecule has 0 bridgehead atoms. The van der Waals surface area contributed by atoms with Gasteiger partial charge in [0.2, 0.25) is 5.91 Å². The van der Waals surface area contributed by atoms with Gasteiger partial charge in [-0.1, -0.05) is 29.3 Å². The predicted octanol–water partition coefficient (Wildman–Crippen LogP) is 4.61. The molecule has 1 aromatic heterocycles. The summed E-state index contributed by atoms with van der Waals surface area (Å²) in [6, 6.07) is 5.99. The lowest BCUT2D eigenvalue weighted by atomic mass is 10.1. The second-order valence-corrected chi connectivity index (χ2v) is 6.18. The van der Waals surface area contributed by atoms with Gasteiger partial charge in [-0.25, -0.2) is 4.39 Å². The number of benzene rings is 1. The lowest BCUT2D eigenvalue weighted by Crippen LogP contribution is -2.28. The smallest absolute Gasteiger partial charge is 0.225 e. The summed E-state index contributed by atoms with van der Waals surface area (Å²) in [6.07, 6.45) is 0.301. The molecular weight excluding hydrogens is 320 g/mol. The Morgan fingerprint density at radius 2 is 2.15 bits per heavy atom. The number of carbonyl (C=O) groups is 1. The molecule has 2 nitrogen and oxygen atoms in total. The maximum Gasteiger partial charge on any atom is 0.225 e. The molecule has 1 amide bonds. The highest BCUT2D eigenvalue weighted by Gasteiger charge is 2.15. The van der Waals surface area contributed by atoms with Crippen LogP contribution in [-0.4, -0.2) is 5.91 Å². The van der Waals surface area contributed by atoms with Gasteiger partial charge in [0.15, 0.2) is 0 Å². The molecule has 6 heteroatoms. The zero-order valence-electron chi connectivity index (χ0n) is 10.6. The van der Waals surface area contributed by atoms with Crippen molar-refractivity contribution in [2.45, 2.75) is 19.4 Å². The molecule has 0 aliphatic carbocycles. The topological polar surface area (TPSA) is 29.1 Å². The third-order valence-electron chi connectivity index (χ3n) is 2.80. The van der Waals surface area contributed by atoms with Crippen molar-refractivity contribution in [2.24, 2.45) is 0 Å². The molecule has 1 atom stereocenters. The van der Waals surface area contributed by atoms with Gasteiger partial charge in [0.05, 0.1) is 17.5 Å². The first-order valence-electron chi connectivity index (χ1n) is 5.93. The zero-order valence-corrected chi connectivity index (χ0v) is 12.9. The van der Waals surface area contributed by atoms with Crippen LogP contribution in [0.15, 0.2) is 29.6 Å². The minimum atomic E-state index is -0.551. The van der Waals surface area contributed by atoms with Gasteiger partial charge in [-0.3, -0.25) is 4.79 Å². The summed E-state index contributed by atoms with van der Waals surface area (Å²) in [5.74, 6) is -0.684. The summed E-state index contributed by atoms with van der Waals surface area (Å²) in [4.78, 5) is 12.9. The standard InChI is InChI=1S/C14H12Cl2FNOS/c1-8(10-6-13(17)12(16)7-11(10)15)18-14(19)5-9-3-2-4-20-9/h2-4,6-8H,5H2,1H3,(H,18,19). The third kappa shape index (κ3) is 3.72. The van der Waals surface area contributed by atoms with Crippen LogP contribution in [0.4, 0.5) is 4.39 Å². The summed E-state index contributed by atoms with van der Waals surface area (Å²) in [6.45, 7) is 1.75. The molecule has 2 aromatic rings. The lowest BCUT2D eigenvalue weighted by molar-refractivity contribution is -0.121. The van der Waals surface area contributed by atoms with E-state index >= 15 is 0 Å². The average molecular weight is 332 g/mol. The predicted molar refractivity (Wildman–Crippen MR) is 81.0 cm³/mol. The molecular formula is C14H12Cl2FNOS. The van der Waals surface area contributed by atoms with E-state index in [0.717, 1.165) is 4.88 Å². The van der Waals surface area contributed by atoms with Gasteiger partial charge in [0, 0.05) is 9.90 Å². The molecule has 0 spiro atoms. The maximum atomic E-state index is 13.5. The molecule has 1 unspecified atom stereocenters. The number of hydrogen-bond donors (Lipinski definition) is 1. The number of halogens is 3. The molecule has 1 heterocycles. The minimum Gasteiger partial charge on any atom is -0.349 e. The summed E-state index contributed by atoms with van der Waals surface area (Å²) < 4.78 is 13.5. The minimum absolute atomic E-state index is 0.0316. The van der Waals surface area contributed by atoms with Crippen LogP contribution in [0, 0.1) is 5.82 Å². The van der Waals surface area contributed by atoms with E-state index in [1.807, 2.05) is 17.5 Å². The number of thiophene rings is 1. The Bertz CT molecular complexity index is 616. The highest BCUT2D eigenvalue weighted by atomic mass is 35.5. The van der Waals surface area contributed by atoms with Gasteiger partial charge < -0.3 is 5.32 Å². The van der Waals surface area contributed by atoms with Crippen LogP contribution in [0.3, 0.4) is 0 Å². The first-order chi connectivity index (χ1) is 9.47. The van der Waals surface area contributed by atoms with Gasteiger partial charge in [-0.2, -0.15) is 0 Å². The first kappa shape index (κ1) is 15.3. The van der Waals surface area contributed by atoms with Gasteiger partial charge in [-0.15, -0.1) is 11.3 Å². The average Bonchev–Trinajstić information content (AvgIpc) is 2.86. The summed E-state index contributed by atoms with van der Waals surface area (Å²) in [7, 11) is 0. The van der Waals surface area contributed by atoms with Crippen LogP contribution in [-0.2, 0) is 11.2 Å². The van der Waals surface area contributed by atoms with Crippen LogP contribution in [0.5, 0.6) is 0 Å². The van der Waals surface area contributed by atoms with Crippen molar-refractivity contribution in [1.29, 1.82) is 0 Å². The molecule has 0 aliphatic rings. The monoisotopic (exact) mass is 331 g/mol. The molecule has 0 saturated heterocycles. The fourth-order valence-electron chi connectivity index (χ4n) is 1.81. The fourth-order valence-corrected chi connectivity index (χ4v) is 3.06. The quantitative estimate of drug-likeness (QED) is 0.814. The van der Waals surface area contributed by atoms with Gasteiger partial charge in [-0.05, 0) is 36.1 Å². The Kier molecular flexibility index (Phi) is 5.02. The molecule has 20 heavy (non-hydrogen) atoms. The van der Waals surface area contributed by atoms with Crippen LogP contribution in [0.2, 0.25) is 10.0 Å². The molecule has 0 saturated carbocycles. The van der Waals surface area contributed by atoms with Crippen molar-refractivity contribution in [3.05, 3.63) is 55.9 Å². The van der Waals surface area contributed by atoms with Crippen molar-refractivity contribution in [3.8, 4) is 0 Å². The van der Waals surface area contributed by atoms with Crippen LogP contribution >= 0.6 is 34.5 Å². The van der Waals surface area contributed by atoms with E-state index in [0.29, 0.717) is 17.0 Å². The molecule has 1 N–H and O–H groups in total. The van der Waals surface area contributed by atoms with E-state index in [2.05, 4.69) is 5.32 Å². The van der Waals surface area contributed by atoms with E-state index < -0.39 is 5.82 Å². The highest BCUT2D eigenvalue weighted by Crippen LogP contribution is 2.28. The van der Waals surface area contributed by atoms with E-state index in [-0.39, 0.29) is 17.0 Å². The number of hydrogen-bond acceptors (Lipinski definition) is 2. The molecule has 1 aromatic carbocycles. The molecule has 0 fully saturated rings. The normalized spacial score (nSPS) is 12.2. The third-order valence-corrected chi connectivity index (χ3v) is 4.29. The van der Waals surface area contributed by atoms with E-state index in [1.54, 1.807) is 6.92 Å². The summed E-state index contributed by atoms with van der Waals surface area (Å²) in [5, 5.41) is 5.01. The number of nitrogens with one attached hydrogen (secondary N) is 1. The second-order valence-electron chi connectivity index (χ2n) is 4.33. The van der Waals surface area contributed by atoms with Gasteiger partial charge >= 0.3 is 0 Å². The number of rotatable bonds is 4. The van der Waals surface area contributed by atoms with Crippen molar-refractivity contribution >= 4 is 40.4 Å². The van der Waals surface area contributed by atoms with Crippen molar-refractivity contribution in [1.82, 2.24) is 5.32 Å². The Labute approximate surface area is 130 Å². The zero-order chi connectivity index (χ0) is 14.7. The van der Waals surface area contributed by atoms with Crippen LogP contribution < -0.4 is 5.32 Å². The fraction of sp³-hybridized carbons (Fsp3) is 0.214. The van der Waals surface area contributed by atoms with Gasteiger partial charge in [0.25, 0.3) is 0 Å². The number of amides is 1. The van der Waals surface area contributed by atoms with Crippen LogP contribution in [0.25, 0.3) is 0 Å². The Hall–Kier alpha value is -1.10. The molecule has 0 radical (unpaired) electrons. The largest absolute Gasteiger partial charge is 0.349 e. The Balaban J connectivity index is 2.06. The maximum absolute atomic E-state index is 13.5. The van der Waals surface area contributed by atoms with Crippen molar-refractivity contribution in [2.75, 3.05) is 0 Å². The Morgan fingerprint density at radius 3 is 2.80 bits per heavy atom. The van der Waals surface area contributed by atoms with E-state index in [1.165, 1.54) is 23.5 Å². The number of carbonyl (C=O) groups excluding carboxylic acids is 1. The first-order valence-corrected chi connectivity index (χ1v) is 7.57.